The third-order valence-corrected chi connectivity index (χ3v) is 3.06. The van der Waals surface area contributed by atoms with Crippen LogP contribution >= 0.6 is 0 Å². The van der Waals surface area contributed by atoms with Gasteiger partial charge in [0.25, 0.3) is 0 Å². The zero-order valence-corrected chi connectivity index (χ0v) is 10.7. The average molecular weight is 246 g/mol. The van der Waals surface area contributed by atoms with Gasteiger partial charge in [0.1, 0.15) is 12.8 Å². The first-order valence-corrected chi connectivity index (χ1v) is 6.65. The fourth-order valence-electron chi connectivity index (χ4n) is 2.10. The molecule has 18 heavy (non-hydrogen) atoms. The summed E-state index contributed by atoms with van der Waals surface area (Å²) in [6.45, 7) is 4.25. The van der Waals surface area contributed by atoms with Crippen LogP contribution in [0, 0.1) is 0 Å². The number of likely N-dealkylation sites (tertiary alicyclic amines) is 1. The van der Waals surface area contributed by atoms with Crippen LogP contribution in [0.25, 0.3) is 0 Å². The maximum absolute atomic E-state index is 5.19. The Morgan fingerprint density at radius 3 is 3.00 bits per heavy atom. The number of hydrogen-bond donors (Lipinski definition) is 0. The monoisotopic (exact) mass is 246 g/mol. The van der Waals surface area contributed by atoms with E-state index in [1.165, 1.54) is 32.4 Å². The summed E-state index contributed by atoms with van der Waals surface area (Å²) in [6, 6.07) is 3.75. The van der Waals surface area contributed by atoms with Gasteiger partial charge in [0.15, 0.2) is 0 Å². The molecule has 1 aromatic heterocycles. The summed E-state index contributed by atoms with van der Waals surface area (Å²) in [7, 11) is 0. The maximum atomic E-state index is 5.19. The quantitative estimate of drug-likeness (QED) is 0.438. The zero-order valence-electron chi connectivity index (χ0n) is 10.7. The van der Waals surface area contributed by atoms with Gasteiger partial charge in [0.05, 0.1) is 0 Å². The molecule has 0 unspecified atom stereocenters. The Hall–Kier alpha value is -1.42. The smallest absolute Gasteiger partial charge is 0.141 e. The minimum Gasteiger partial charge on any atom is -0.395 e. The van der Waals surface area contributed by atoms with E-state index >= 15 is 0 Å². The van der Waals surface area contributed by atoms with Gasteiger partial charge in [-0.15, -0.1) is 0 Å². The largest absolute Gasteiger partial charge is 0.395 e. The van der Waals surface area contributed by atoms with E-state index in [0.29, 0.717) is 6.61 Å². The predicted octanol–water partition coefficient (Wildman–Crippen LogP) is 2.19. The number of piperidine rings is 1. The van der Waals surface area contributed by atoms with Crippen LogP contribution in [0.15, 0.2) is 29.7 Å². The van der Waals surface area contributed by atoms with E-state index in [2.05, 4.69) is 21.3 Å². The van der Waals surface area contributed by atoms with Gasteiger partial charge in [-0.3, -0.25) is 4.98 Å². The zero-order chi connectivity index (χ0) is 12.5. The molecule has 0 atom stereocenters. The molecule has 2 rings (SSSR count). The molecule has 0 saturated carbocycles. The van der Waals surface area contributed by atoms with E-state index in [1.807, 2.05) is 12.1 Å². The molecule has 0 amide bonds. The minimum absolute atomic E-state index is 0.657. The van der Waals surface area contributed by atoms with Crippen molar-refractivity contribution in [1.82, 2.24) is 9.88 Å². The lowest BCUT2D eigenvalue weighted by atomic mass is 10.1. The Morgan fingerprint density at radius 1 is 1.33 bits per heavy atom. The Bertz CT molecular complexity index is 347. The van der Waals surface area contributed by atoms with E-state index in [1.54, 1.807) is 12.4 Å². The highest BCUT2D eigenvalue weighted by Gasteiger charge is 2.08. The second kappa shape index (κ2) is 7.82. The fourth-order valence-corrected chi connectivity index (χ4v) is 2.10. The number of rotatable bonds is 6. The molecule has 1 fully saturated rings. The highest BCUT2D eigenvalue weighted by molar-refractivity contribution is 5.78. The summed E-state index contributed by atoms with van der Waals surface area (Å²) in [5.74, 6) is 0. The van der Waals surface area contributed by atoms with E-state index in [9.17, 15) is 0 Å². The molecule has 4 heteroatoms. The van der Waals surface area contributed by atoms with Crippen molar-refractivity contribution >= 4 is 6.21 Å². The van der Waals surface area contributed by atoms with Gasteiger partial charge < -0.3 is 9.74 Å². The molecule has 1 radical (unpaired) electrons. The first kappa shape index (κ1) is 13.0. The fraction of sp³-hybridized carbons (Fsp3) is 0.571. The summed E-state index contributed by atoms with van der Waals surface area (Å²) in [5.41, 5.74) is 0.841. The molecule has 1 aromatic rings. The Kier molecular flexibility index (Phi) is 5.66. The SMILES string of the molecule is [C](=NOCCCN1CCCCC1)c1cccnc1. The number of aromatic nitrogens is 1. The van der Waals surface area contributed by atoms with E-state index in [-0.39, 0.29) is 0 Å². The molecule has 4 nitrogen and oxygen atoms in total. The van der Waals surface area contributed by atoms with E-state index < -0.39 is 0 Å². The number of hydrogen-bond acceptors (Lipinski definition) is 4. The number of nitrogens with zero attached hydrogens (tertiary/aromatic N) is 3. The van der Waals surface area contributed by atoms with Crippen LogP contribution in [-0.2, 0) is 4.84 Å². The maximum Gasteiger partial charge on any atom is 0.141 e. The van der Waals surface area contributed by atoms with Crippen molar-refractivity contribution in [2.24, 2.45) is 5.16 Å². The molecule has 1 aliphatic rings. The molecule has 1 aliphatic heterocycles. The molecule has 2 heterocycles. The van der Waals surface area contributed by atoms with Crippen LogP contribution < -0.4 is 0 Å². The molecular formula is C14H20N3O. The predicted molar refractivity (Wildman–Crippen MR) is 71.6 cm³/mol. The van der Waals surface area contributed by atoms with Crippen molar-refractivity contribution in [2.75, 3.05) is 26.2 Å². The van der Waals surface area contributed by atoms with Gasteiger partial charge in [-0.05, 0) is 44.5 Å². The molecule has 97 valence electrons. The van der Waals surface area contributed by atoms with Crippen molar-refractivity contribution in [3.05, 3.63) is 30.1 Å². The van der Waals surface area contributed by atoms with E-state index in [0.717, 1.165) is 18.5 Å². The van der Waals surface area contributed by atoms with Crippen molar-refractivity contribution < 1.29 is 4.84 Å². The third-order valence-electron chi connectivity index (χ3n) is 3.06. The highest BCUT2D eigenvalue weighted by Crippen LogP contribution is 2.08. The van der Waals surface area contributed by atoms with Crippen LogP contribution in [0.4, 0.5) is 0 Å². The van der Waals surface area contributed by atoms with Crippen LogP contribution in [0.5, 0.6) is 0 Å². The normalized spacial score (nSPS) is 17.1. The summed E-state index contributed by atoms with van der Waals surface area (Å²) < 4.78 is 0. The molecule has 0 aliphatic carbocycles. The van der Waals surface area contributed by atoms with Crippen LogP contribution in [0.2, 0.25) is 0 Å². The van der Waals surface area contributed by atoms with Gasteiger partial charge in [-0.1, -0.05) is 11.6 Å². The number of pyridine rings is 1. The lowest BCUT2D eigenvalue weighted by Crippen LogP contribution is -2.31. The van der Waals surface area contributed by atoms with Crippen molar-refractivity contribution in [3.63, 3.8) is 0 Å². The van der Waals surface area contributed by atoms with Crippen LogP contribution in [0.3, 0.4) is 0 Å². The standard InChI is InChI=1S/C14H20N3O/c1-2-8-17(9-3-1)10-5-11-18-16-13-14-6-4-7-15-12-14/h4,6-7,12H,1-3,5,8-11H2. The van der Waals surface area contributed by atoms with Crippen LogP contribution in [-0.4, -0.2) is 42.3 Å². The van der Waals surface area contributed by atoms with Gasteiger partial charge in [-0.2, -0.15) is 0 Å². The third kappa shape index (κ3) is 4.84. The van der Waals surface area contributed by atoms with Gasteiger partial charge in [-0.25, -0.2) is 0 Å². The minimum atomic E-state index is 0.657. The first-order valence-electron chi connectivity index (χ1n) is 6.65. The Morgan fingerprint density at radius 2 is 2.22 bits per heavy atom. The van der Waals surface area contributed by atoms with Gasteiger partial charge >= 0.3 is 0 Å². The molecule has 1 saturated heterocycles. The average Bonchev–Trinajstić information content (AvgIpc) is 2.45. The molecule has 0 aromatic carbocycles. The lowest BCUT2D eigenvalue weighted by Gasteiger charge is -2.25. The topological polar surface area (TPSA) is 37.7 Å². The summed E-state index contributed by atoms with van der Waals surface area (Å²) >= 11 is 0. The van der Waals surface area contributed by atoms with Gasteiger partial charge in [0.2, 0.25) is 0 Å². The summed E-state index contributed by atoms with van der Waals surface area (Å²) in [6.07, 6.45) is 11.3. The first-order chi connectivity index (χ1) is 8.95. The summed E-state index contributed by atoms with van der Waals surface area (Å²) in [5, 5.41) is 3.82. The second-order valence-corrected chi connectivity index (χ2v) is 4.53. The molecule has 0 N–H and O–H groups in total. The molecular weight excluding hydrogens is 226 g/mol. The summed E-state index contributed by atoms with van der Waals surface area (Å²) in [4.78, 5) is 11.7. The molecule has 0 spiro atoms. The van der Waals surface area contributed by atoms with Gasteiger partial charge in [0, 0.05) is 24.5 Å². The molecule has 0 bridgehead atoms. The Balaban J connectivity index is 1.54. The van der Waals surface area contributed by atoms with E-state index in [4.69, 9.17) is 4.84 Å². The lowest BCUT2D eigenvalue weighted by molar-refractivity contribution is 0.125. The second-order valence-electron chi connectivity index (χ2n) is 4.53. The highest BCUT2D eigenvalue weighted by atomic mass is 16.6. The Labute approximate surface area is 109 Å². The van der Waals surface area contributed by atoms with Crippen molar-refractivity contribution in [1.29, 1.82) is 0 Å². The van der Waals surface area contributed by atoms with Crippen molar-refractivity contribution in [2.45, 2.75) is 25.7 Å². The van der Waals surface area contributed by atoms with Crippen LogP contribution in [0.1, 0.15) is 31.2 Å². The van der Waals surface area contributed by atoms with Crippen molar-refractivity contribution in [3.8, 4) is 0 Å².